The zero-order chi connectivity index (χ0) is 12.3. The Morgan fingerprint density at radius 3 is 2.47 bits per heavy atom. The molecule has 0 aromatic carbocycles. The molecule has 1 saturated carbocycles. The summed E-state index contributed by atoms with van der Waals surface area (Å²) in [7, 11) is 0. The van der Waals surface area contributed by atoms with Gasteiger partial charge in [-0.25, -0.2) is 0 Å². The van der Waals surface area contributed by atoms with Crippen molar-refractivity contribution in [3.05, 3.63) is 0 Å². The molecule has 1 amide bonds. The molecule has 2 rings (SSSR count). The van der Waals surface area contributed by atoms with E-state index in [9.17, 15) is 4.79 Å². The van der Waals surface area contributed by atoms with E-state index < -0.39 is 5.41 Å². The summed E-state index contributed by atoms with van der Waals surface area (Å²) in [5, 5.41) is 2.97. The van der Waals surface area contributed by atoms with Crippen LogP contribution in [0.4, 0.5) is 0 Å². The summed E-state index contributed by atoms with van der Waals surface area (Å²) in [6.07, 6.45) is 5.54. The van der Waals surface area contributed by atoms with Gasteiger partial charge in [0.1, 0.15) is 0 Å². The SMILES string of the molecule is NC(=S)C1(C(=O)NCCN2CCCCC2)CC1. The summed E-state index contributed by atoms with van der Waals surface area (Å²) in [5.41, 5.74) is 5.11. The zero-order valence-electron chi connectivity index (χ0n) is 10.2. The Kier molecular flexibility index (Phi) is 3.99. The van der Waals surface area contributed by atoms with Crippen LogP contribution in [-0.4, -0.2) is 42.0 Å². The van der Waals surface area contributed by atoms with Crippen LogP contribution in [-0.2, 0) is 4.79 Å². The van der Waals surface area contributed by atoms with Gasteiger partial charge in [0.15, 0.2) is 0 Å². The average molecular weight is 255 g/mol. The highest BCUT2D eigenvalue weighted by atomic mass is 32.1. The molecule has 1 aliphatic carbocycles. The van der Waals surface area contributed by atoms with Crippen molar-refractivity contribution < 1.29 is 4.79 Å². The number of rotatable bonds is 5. The Morgan fingerprint density at radius 2 is 1.94 bits per heavy atom. The van der Waals surface area contributed by atoms with Crippen molar-refractivity contribution in [3.8, 4) is 0 Å². The van der Waals surface area contributed by atoms with Gasteiger partial charge in [0, 0.05) is 13.1 Å². The second-order valence-corrected chi connectivity index (χ2v) is 5.54. The third-order valence-corrected chi connectivity index (χ3v) is 4.21. The molecule has 0 aromatic rings. The number of nitrogens with two attached hydrogens (primary N) is 1. The first kappa shape index (κ1) is 12.8. The number of hydrogen-bond acceptors (Lipinski definition) is 3. The molecule has 17 heavy (non-hydrogen) atoms. The van der Waals surface area contributed by atoms with Crippen molar-refractivity contribution in [2.24, 2.45) is 11.1 Å². The Bertz CT molecular complexity index is 309. The van der Waals surface area contributed by atoms with Crippen molar-refractivity contribution >= 4 is 23.1 Å². The number of piperidine rings is 1. The van der Waals surface area contributed by atoms with Gasteiger partial charge in [0.05, 0.1) is 10.4 Å². The van der Waals surface area contributed by atoms with Gasteiger partial charge in [0.25, 0.3) is 0 Å². The third-order valence-electron chi connectivity index (χ3n) is 3.82. The number of nitrogens with zero attached hydrogens (tertiary/aromatic N) is 1. The Morgan fingerprint density at radius 1 is 1.29 bits per heavy atom. The van der Waals surface area contributed by atoms with E-state index in [4.69, 9.17) is 18.0 Å². The van der Waals surface area contributed by atoms with E-state index in [0.717, 1.165) is 32.5 Å². The quantitative estimate of drug-likeness (QED) is 0.708. The van der Waals surface area contributed by atoms with Crippen LogP contribution < -0.4 is 11.1 Å². The van der Waals surface area contributed by atoms with E-state index in [1.54, 1.807) is 0 Å². The third kappa shape index (κ3) is 2.96. The average Bonchev–Trinajstić information content (AvgIpc) is 3.11. The lowest BCUT2D eigenvalue weighted by Gasteiger charge is -2.26. The monoisotopic (exact) mass is 255 g/mol. The van der Waals surface area contributed by atoms with Gasteiger partial charge in [-0.2, -0.15) is 0 Å². The summed E-state index contributed by atoms with van der Waals surface area (Å²) in [4.78, 5) is 14.7. The smallest absolute Gasteiger partial charge is 0.233 e. The highest BCUT2D eigenvalue weighted by molar-refractivity contribution is 7.80. The minimum atomic E-state index is -0.503. The maximum Gasteiger partial charge on any atom is 0.233 e. The topological polar surface area (TPSA) is 58.4 Å². The number of likely N-dealkylation sites (tertiary alicyclic amines) is 1. The molecule has 2 fully saturated rings. The van der Waals surface area contributed by atoms with Crippen LogP contribution in [0.1, 0.15) is 32.1 Å². The maximum atomic E-state index is 11.9. The number of amides is 1. The van der Waals surface area contributed by atoms with Crippen molar-refractivity contribution in [3.63, 3.8) is 0 Å². The molecule has 3 N–H and O–H groups in total. The predicted octanol–water partition coefficient (Wildman–Crippen LogP) is 0.655. The molecule has 0 unspecified atom stereocenters. The molecular formula is C12H21N3OS. The van der Waals surface area contributed by atoms with Crippen molar-refractivity contribution in [1.29, 1.82) is 0 Å². The first-order valence-corrected chi connectivity index (χ1v) is 6.86. The molecule has 0 atom stereocenters. The van der Waals surface area contributed by atoms with E-state index in [2.05, 4.69) is 10.2 Å². The standard InChI is InChI=1S/C12H21N3OS/c13-10(17)12(4-5-12)11(16)14-6-9-15-7-2-1-3-8-15/h1-9H2,(H2,13,17)(H,14,16). The van der Waals surface area contributed by atoms with Crippen molar-refractivity contribution in [2.45, 2.75) is 32.1 Å². The van der Waals surface area contributed by atoms with Gasteiger partial charge < -0.3 is 16.0 Å². The minimum absolute atomic E-state index is 0.0296. The Hall–Kier alpha value is -0.680. The number of hydrogen-bond donors (Lipinski definition) is 2. The largest absolute Gasteiger partial charge is 0.392 e. The number of thiocarbonyl (C=S) groups is 1. The summed E-state index contributed by atoms with van der Waals surface area (Å²) < 4.78 is 0. The minimum Gasteiger partial charge on any atom is -0.392 e. The van der Waals surface area contributed by atoms with E-state index >= 15 is 0 Å². The number of carbonyl (C=O) groups excluding carboxylic acids is 1. The van der Waals surface area contributed by atoms with Gasteiger partial charge in [-0.15, -0.1) is 0 Å². The highest BCUT2D eigenvalue weighted by Crippen LogP contribution is 2.46. The number of carbonyl (C=O) groups is 1. The van der Waals surface area contributed by atoms with E-state index in [0.29, 0.717) is 11.5 Å². The lowest BCUT2D eigenvalue weighted by Crippen LogP contribution is -2.43. The molecule has 0 aromatic heterocycles. The summed E-state index contributed by atoms with van der Waals surface area (Å²) >= 11 is 4.95. The van der Waals surface area contributed by atoms with Crippen molar-refractivity contribution in [2.75, 3.05) is 26.2 Å². The normalized spacial score (nSPS) is 23.1. The molecule has 4 nitrogen and oxygen atoms in total. The fraction of sp³-hybridized carbons (Fsp3) is 0.833. The summed E-state index contributed by atoms with van der Waals surface area (Å²) in [6.45, 7) is 3.98. The van der Waals surface area contributed by atoms with Crippen LogP contribution in [0.15, 0.2) is 0 Å². The van der Waals surface area contributed by atoms with Gasteiger partial charge in [-0.3, -0.25) is 4.79 Å². The molecule has 1 saturated heterocycles. The van der Waals surface area contributed by atoms with Crippen LogP contribution in [0.2, 0.25) is 0 Å². The molecule has 2 aliphatic rings. The second kappa shape index (κ2) is 5.31. The zero-order valence-corrected chi connectivity index (χ0v) is 11.0. The second-order valence-electron chi connectivity index (χ2n) is 5.10. The van der Waals surface area contributed by atoms with Crippen LogP contribution in [0, 0.1) is 5.41 Å². The van der Waals surface area contributed by atoms with Crippen LogP contribution in [0.5, 0.6) is 0 Å². The lowest BCUT2D eigenvalue weighted by molar-refractivity contribution is -0.124. The van der Waals surface area contributed by atoms with Crippen LogP contribution >= 0.6 is 12.2 Å². The summed E-state index contributed by atoms with van der Waals surface area (Å²) in [6, 6.07) is 0. The van der Waals surface area contributed by atoms with Crippen LogP contribution in [0.25, 0.3) is 0 Å². The van der Waals surface area contributed by atoms with E-state index in [-0.39, 0.29) is 5.91 Å². The number of nitrogens with one attached hydrogen (secondary N) is 1. The molecule has 1 heterocycles. The highest BCUT2D eigenvalue weighted by Gasteiger charge is 2.52. The molecule has 0 spiro atoms. The fourth-order valence-corrected chi connectivity index (χ4v) is 2.69. The first-order valence-electron chi connectivity index (χ1n) is 6.46. The Labute approximate surface area is 108 Å². The van der Waals surface area contributed by atoms with Gasteiger partial charge in [-0.1, -0.05) is 18.6 Å². The molecule has 96 valence electrons. The fourth-order valence-electron chi connectivity index (χ4n) is 2.39. The van der Waals surface area contributed by atoms with Gasteiger partial charge in [0.2, 0.25) is 5.91 Å². The van der Waals surface area contributed by atoms with Crippen molar-refractivity contribution in [1.82, 2.24) is 10.2 Å². The molecule has 1 aliphatic heterocycles. The van der Waals surface area contributed by atoms with E-state index in [1.807, 2.05) is 0 Å². The van der Waals surface area contributed by atoms with Gasteiger partial charge >= 0.3 is 0 Å². The molecule has 0 bridgehead atoms. The maximum absolute atomic E-state index is 11.9. The molecule has 5 heteroatoms. The lowest BCUT2D eigenvalue weighted by atomic mass is 10.1. The molecule has 0 radical (unpaired) electrons. The Balaban J connectivity index is 1.68. The predicted molar refractivity (Wildman–Crippen MR) is 71.8 cm³/mol. The van der Waals surface area contributed by atoms with Gasteiger partial charge in [-0.05, 0) is 38.8 Å². The summed E-state index contributed by atoms with van der Waals surface area (Å²) in [5.74, 6) is 0.0296. The molecular weight excluding hydrogens is 234 g/mol. The van der Waals surface area contributed by atoms with Crippen LogP contribution in [0.3, 0.4) is 0 Å². The first-order chi connectivity index (χ1) is 8.15. The van der Waals surface area contributed by atoms with E-state index in [1.165, 1.54) is 19.3 Å².